The van der Waals surface area contributed by atoms with E-state index in [0.29, 0.717) is 10.8 Å². The highest BCUT2D eigenvalue weighted by Crippen LogP contribution is 2.70. The average molecular weight is 208 g/mol. The van der Waals surface area contributed by atoms with Crippen LogP contribution in [-0.2, 0) is 0 Å². The van der Waals surface area contributed by atoms with Crippen molar-refractivity contribution in [2.24, 2.45) is 34.5 Å². The molecule has 2 bridgehead atoms. The van der Waals surface area contributed by atoms with Crippen LogP contribution in [0, 0.1) is 34.5 Å². The first-order valence-electron chi connectivity index (χ1n) is 6.85. The Bertz CT molecular complexity index is 251. The molecule has 15 heavy (non-hydrogen) atoms. The van der Waals surface area contributed by atoms with Gasteiger partial charge in [0.1, 0.15) is 0 Å². The number of hydrogen-bond acceptors (Lipinski definition) is 0. The van der Waals surface area contributed by atoms with E-state index >= 15 is 0 Å². The summed E-state index contributed by atoms with van der Waals surface area (Å²) in [6, 6.07) is 0. The summed E-state index contributed by atoms with van der Waals surface area (Å²) in [6.45, 7) is 14.9. The van der Waals surface area contributed by atoms with Crippen LogP contribution in [0.4, 0.5) is 0 Å². The van der Waals surface area contributed by atoms with Crippen molar-refractivity contribution in [1.82, 2.24) is 0 Å². The molecule has 0 aromatic carbocycles. The molecule has 0 N–H and O–H groups in total. The minimum atomic E-state index is 0.604. The van der Waals surface area contributed by atoms with E-state index in [-0.39, 0.29) is 0 Å². The molecule has 0 heteroatoms. The van der Waals surface area contributed by atoms with Crippen molar-refractivity contribution in [3.8, 4) is 0 Å². The van der Waals surface area contributed by atoms with E-state index in [1.807, 2.05) is 0 Å². The molecule has 4 unspecified atom stereocenters. The molecule has 0 nitrogen and oxygen atoms in total. The van der Waals surface area contributed by atoms with Crippen LogP contribution in [0.25, 0.3) is 0 Å². The van der Waals surface area contributed by atoms with Crippen LogP contribution in [0.5, 0.6) is 0 Å². The summed E-state index contributed by atoms with van der Waals surface area (Å²) in [4.78, 5) is 0. The number of fused-ring (bicyclic) bond motifs is 2. The van der Waals surface area contributed by atoms with Gasteiger partial charge in [-0.3, -0.25) is 0 Å². The third-order valence-corrected chi connectivity index (χ3v) is 6.41. The van der Waals surface area contributed by atoms with Gasteiger partial charge in [-0.1, -0.05) is 48.0 Å². The fraction of sp³-hybridized carbons (Fsp3) is 1.00. The predicted octanol–water partition coefficient (Wildman–Crippen LogP) is 4.74. The van der Waals surface area contributed by atoms with Gasteiger partial charge in [-0.15, -0.1) is 0 Å². The lowest BCUT2D eigenvalue weighted by atomic mass is 9.36. The standard InChI is InChI=1S/C15H28/c1-7-11-8-12-9-13(14(12,4)5)15(11,6)10(2)3/h10-13H,7-9H2,1-6H3. The highest BCUT2D eigenvalue weighted by atomic mass is 14.7. The zero-order chi connectivity index (χ0) is 11.4. The van der Waals surface area contributed by atoms with Crippen molar-refractivity contribution in [2.45, 2.75) is 60.8 Å². The summed E-state index contributed by atoms with van der Waals surface area (Å²) in [5, 5.41) is 0. The van der Waals surface area contributed by atoms with Crippen LogP contribution in [0.15, 0.2) is 0 Å². The van der Waals surface area contributed by atoms with E-state index in [9.17, 15) is 0 Å². The van der Waals surface area contributed by atoms with Gasteiger partial charge in [0.25, 0.3) is 0 Å². The molecule has 0 amide bonds. The van der Waals surface area contributed by atoms with E-state index in [4.69, 9.17) is 0 Å². The Hall–Kier alpha value is 0. The third kappa shape index (κ3) is 1.26. The van der Waals surface area contributed by atoms with Gasteiger partial charge in [0.15, 0.2) is 0 Å². The average Bonchev–Trinajstić information content (AvgIpc) is 2.16. The van der Waals surface area contributed by atoms with Crippen LogP contribution in [0.1, 0.15) is 60.8 Å². The molecule has 3 saturated carbocycles. The van der Waals surface area contributed by atoms with Crippen molar-refractivity contribution in [3.05, 3.63) is 0 Å². The molecule has 0 heterocycles. The van der Waals surface area contributed by atoms with E-state index < -0.39 is 0 Å². The van der Waals surface area contributed by atoms with Crippen LogP contribution in [0.2, 0.25) is 0 Å². The molecule has 3 fully saturated rings. The van der Waals surface area contributed by atoms with Gasteiger partial charge in [0, 0.05) is 0 Å². The quantitative estimate of drug-likeness (QED) is 0.615. The largest absolute Gasteiger partial charge is 0.0651 e. The summed E-state index contributed by atoms with van der Waals surface area (Å²) < 4.78 is 0. The lowest BCUT2D eigenvalue weighted by Gasteiger charge is -2.69. The highest BCUT2D eigenvalue weighted by Gasteiger charge is 2.62. The maximum atomic E-state index is 2.58. The predicted molar refractivity (Wildman–Crippen MR) is 66.7 cm³/mol. The molecule has 88 valence electrons. The monoisotopic (exact) mass is 208 g/mol. The van der Waals surface area contributed by atoms with Crippen molar-refractivity contribution < 1.29 is 0 Å². The van der Waals surface area contributed by atoms with Gasteiger partial charge in [-0.2, -0.15) is 0 Å². The Morgan fingerprint density at radius 3 is 2.13 bits per heavy atom. The van der Waals surface area contributed by atoms with Crippen LogP contribution in [0.3, 0.4) is 0 Å². The zero-order valence-electron chi connectivity index (χ0n) is 11.4. The molecule has 3 aliphatic carbocycles. The normalized spacial score (nSPS) is 47.8. The molecule has 0 radical (unpaired) electrons. The van der Waals surface area contributed by atoms with Gasteiger partial charge in [0.05, 0.1) is 0 Å². The molecule has 0 spiro atoms. The first kappa shape index (κ1) is 11.5. The first-order chi connectivity index (χ1) is 6.85. The lowest BCUT2D eigenvalue weighted by molar-refractivity contribution is -0.201. The Morgan fingerprint density at radius 2 is 1.73 bits per heavy atom. The summed E-state index contributed by atoms with van der Waals surface area (Å²) in [6.07, 6.45) is 4.39. The fourth-order valence-electron chi connectivity index (χ4n) is 4.83. The molecule has 4 atom stereocenters. The minimum Gasteiger partial charge on any atom is -0.0651 e. The molecule has 0 aliphatic heterocycles. The first-order valence-corrected chi connectivity index (χ1v) is 6.85. The second-order valence-electron chi connectivity index (χ2n) is 7.17. The molecule has 0 aromatic heterocycles. The van der Waals surface area contributed by atoms with Gasteiger partial charge < -0.3 is 0 Å². The molecule has 0 aromatic rings. The van der Waals surface area contributed by atoms with Crippen molar-refractivity contribution in [2.75, 3.05) is 0 Å². The minimum absolute atomic E-state index is 0.604. The Morgan fingerprint density at radius 1 is 1.13 bits per heavy atom. The molecular weight excluding hydrogens is 180 g/mol. The SMILES string of the molecule is CCC1CC2CC(C2(C)C)C1(C)C(C)C. The van der Waals surface area contributed by atoms with Crippen molar-refractivity contribution in [1.29, 1.82) is 0 Å². The molecule has 3 aliphatic rings. The van der Waals surface area contributed by atoms with Gasteiger partial charge in [-0.25, -0.2) is 0 Å². The maximum Gasteiger partial charge on any atom is -0.0241 e. The van der Waals surface area contributed by atoms with Crippen LogP contribution < -0.4 is 0 Å². The van der Waals surface area contributed by atoms with Gasteiger partial charge >= 0.3 is 0 Å². The molecule has 3 rings (SSSR count). The van der Waals surface area contributed by atoms with Gasteiger partial charge in [0.2, 0.25) is 0 Å². The number of hydrogen-bond donors (Lipinski definition) is 0. The molecular formula is C15H28. The Labute approximate surface area is 95.8 Å². The smallest absolute Gasteiger partial charge is 0.0241 e. The summed E-state index contributed by atoms with van der Waals surface area (Å²) in [5.41, 5.74) is 1.23. The Balaban J connectivity index is 2.31. The van der Waals surface area contributed by atoms with Gasteiger partial charge in [-0.05, 0) is 47.3 Å². The Kier molecular flexibility index (Phi) is 2.48. The summed E-state index contributed by atoms with van der Waals surface area (Å²) in [5.74, 6) is 3.83. The van der Waals surface area contributed by atoms with E-state index in [0.717, 1.165) is 23.7 Å². The second kappa shape index (κ2) is 3.25. The maximum absolute atomic E-state index is 2.58. The topological polar surface area (TPSA) is 0 Å². The van der Waals surface area contributed by atoms with E-state index in [1.165, 1.54) is 19.3 Å². The van der Waals surface area contributed by atoms with E-state index in [2.05, 4.69) is 41.5 Å². The van der Waals surface area contributed by atoms with Crippen molar-refractivity contribution in [3.63, 3.8) is 0 Å². The highest BCUT2D eigenvalue weighted by molar-refractivity contribution is 5.11. The molecule has 0 saturated heterocycles. The second-order valence-corrected chi connectivity index (χ2v) is 7.17. The summed E-state index contributed by atoms with van der Waals surface area (Å²) in [7, 11) is 0. The summed E-state index contributed by atoms with van der Waals surface area (Å²) >= 11 is 0. The number of rotatable bonds is 2. The van der Waals surface area contributed by atoms with E-state index in [1.54, 1.807) is 0 Å². The fourth-order valence-corrected chi connectivity index (χ4v) is 4.83. The zero-order valence-corrected chi connectivity index (χ0v) is 11.4. The van der Waals surface area contributed by atoms with Crippen LogP contribution >= 0.6 is 0 Å². The third-order valence-electron chi connectivity index (χ3n) is 6.41. The van der Waals surface area contributed by atoms with Crippen LogP contribution in [-0.4, -0.2) is 0 Å². The van der Waals surface area contributed by atoms with Crippen molar-refractivity contribution >= 4 is 0 Å². The lowest BCUT2D eigenvalue weighted by Crippen LogP contribution is -2.62.